The highest BCUT2D eigenvalue weighted by Crippen LogP contribution is 2.26. The first-order valence-corrected chi connectivity index (χ1v) is 9.15. The number of hydrogen-bond donors (Lipinski definition) is 2. The van der Waals surface area contributed by atoms with Crippen LogP contribution in [-0.4, -0.2) is 51.2 Å². The molecule has 1 fully saturated rings. The van der Waals surface area contributed by atoms with Gasteiger partial charge in [-0.05, 0) is 18.8 Å². The molecule has 1 aliphatic rings. The highest BCUT2D eigenvalue weighted by Gasteiger charge is 2.16. The van der Waals surface area contributed by atoms with Gasteiger partial charge in [-0.2, -0.15) is 10.1 Å². The zero-order valence-corrected chi connectivity index (χ0v) is 15.8. The standard InChI is InChI=1S/C17H24ClN7O/c1-24(2)15(26)11-25-10-13(8-21-25)22-17-20-9-14(18)16(23-17)19-7-12-5-3-4-6-12/h8-10,12H,3-7,11H2,1-2H3,(H2,19,20,22,23). The summed E-state index contributed by atoms with van der Waals surface area (Å²) in [6.45, 7) is 1.06. The largest absolute Gasteiger partial charge is 0.368 e. The van der Waals surface area contributed by atoms with E-state index >= 15 is 0 Å². The third-order valence-electron chi connectivity index (χ3n) is 4.46. The van der Waals surface area contributed by atoms with Crippen LogP contribution in [0.1, 0.15) is 25.7 Å². The molecule has 1 saturated carbocycles. The molecule has 26 heavy (non-hydrogen) atoms. The summed E-state index contributed by atoms with van der Waals surface area (Å²) in [5.41, 5.74) is 0.709. The van der Waals surface area contributed by atoms with E-state index in [1.807, 2.05) is 0 Å². The highest BCUT2D eigenvalue weighted by atomic mass is 35.5. The summed E-state index contributed by atoms with van der Waals surface area (Å²) in [6.07, 6.45) is 10.1. The molecular formula is C17H24ClN7O. The van der Waals surface area contributed by atoms with Crippen molar-refractivity contribution >= 4 is 35.0 Å². The van der Waals surface area contributed by atoms with Crippen LogP contribution in [0.5, 0.6) is 0 Å². The maximum absolute atomic E-state index is 11.7. The number of anilines is 3. The Morgan fingerprint density at radius 2 is 2.12 bits per heavy atom. The monoisotopic (exact) mass is 377 g/mol. The van der Waals surface area contributed by atoms with Crippen LogP contribution in [0.25, 0.3) is 0 Å². The van der Waals surface area contributed by atoms with E-state index in [2.05, 4.69) is 25.7 Å². The first-order valence-electron chi connectivity index (χ1n) is 8.77. The number of nitrogens with zero attached hydrogens (tertiary/aromatic N) is 5. The molecule has 2 aromatic heterocycles. The molecule has 0 radical (unpaired) electrons. The van der Waals surface area contributed by atoms with E-state index < -0.39 is 0 Å². The lowest BCUT2D eigenvalue weighted by Crippen LogP contribution is -2.26. The van der Waals surface area contributed by atoms with Gasteiger partial charge in [0.05, 0.1) is 18.1 Å². The van der Waals surface area contributed by atoms with Crippen molar-refractivity contribution in [2.75, 3.05) is 31.3 Å². The number of carbonyl (C=O) groups excluding carboxylic acids is 1. The van der Waals surface area contributed by atoms with Crippen molar-refractivity contribution in [2.45, 2.75) is 32.2 Å². The smallest absolute Gasteiger partial charge is 0.243 e. The molecule has 0 spiro atoms. The van der Waals surface area contributed by atoms with Crippen molar-refractivity contribution < 1.29 is 4.79 Å². The molecule has 0 unspecified atom stereocenters. The molecular weight excluding hydrogens is 354 g/mol. The third-order valence-corrected chi connectivity index (χ3v) is 4.74. The molecule has 3 rings (SSSR count). The number of likely N-dealkylation sites (N-methyl/N-ethyl adjacent to an activating group) is 1. The number of amides is 1. The average Bonchev–Trinajstić information content (AvgIpc) is 3.27. The molecule has 2 heterocycles. The summed E-state index contributed by atoms with van der Waals surface area (Å²) < 4.78 is 1.57. The summed E-state index contributed by atoms with van der Waals surface area (Å²) >= 11 is 6.20. The van der Waals surface area contributed by atoms with E-state index in [1.165, 1.54) is 30.6 Å². The van der Waals surface area contributed by atoms with Gasteiger partial charge in [0.25, 0.3) is 0 Å². The molecule has 1 aliphatic carbocycles. The third kappa shape index (κ3) is 4.85. The predicted molar refractivity (Wildman–Crippen MR) is 102 cm³/mol. The van der Waals surface area contributed by atoms with Gasteiger partial charge >= 0.3 is 0 Å². The predicted octanol–water partition coefficient (Wildman–Crippen LogP) is 2.76. The topological polar surface area (TPSA) is 88.0 Å². The molecule has 0 atom stereocenters. The fraction of sp³-hybridized carbons (Fsp3) is 0.529. The zero-order chi connectivity index (χ0) is 18.5. The Morgan fingerprint density at radius 3 is 2.85 bits per heavy atom. The summed E-state index contributed by atoms with van der Waals surface area (Å²) in [6, 6.07) is 0. The number of carbonyl (C=O) groups is 1. The minimum absolute atomic E-state index is 0.0270. The van der Waals surface area contributed by atoms with Gasteiger partial charge in [0, 0.05) is 26.8 Å². The van der Waals surface area contributed by atoms with Crippen LogP contribution in [0, 0.1) is 5.92 Å². The fourth-order valence-electron chi connectivity index (χ4n) is 2.93. The lowest BCUT2D eigenvalue weighted by atomic mass is 10.1. The van der Waals surface area contributed by atoms with Gasteiger partial charge in [0.1, 0.15) is 11.6 Å². The molecule has 1 amide bonds. The molecule has 140 valence electrons. The van der Waals surface area contributed by atoms with Crippen LogP contribution >= 0.6 is 11.6 Å². The number of nitrogens with one attached hydrogen (secondary N) is 2. The van der Waals surface area contributed by atoms with E-state index in [9.17, 15) is 4.79 Å². The van der Waals surface area contributed by atoms with Crippen molar-refractivity contribution in [3.63, 3.8) is 0 Å². The van der Waals surface area contributed by atoms with E-state index in [0.29, 0.717) is 28.4 Å². The Hall–Kier alpha value is -2.35. The number of halogens is 1. The Bertz CT molecular complexity index is 755. The molecule has 2 aromatic rings. The fourth-order valence-corrected chi connectivity index (χ4v) is 3.09. The summed E-state index contributed by atoms with van der Waals surface area (Å²) in [5.74, 6) is 1.72. The zero-order valence-electron chi connectivity index (χ0n) is 15.1. The molecule has 0 bridgehead atoms. The number of rotatable bonds is 7. The van der Waals surface area contributed by atoms with E-state index in [1.54, 1.807) is 37.4 Å². The van der Waals surface area contributed by atoms with Crippen LogP contribution in [0.3, 0.4) is 0 Å². The first kappa shape index (κ1) is 18.4. The van der Waals surface area contributed by atoms with Crippen LogP contribution < -0.4 is 10.6 Å². The van der Waals surface area contributed by atoms with Crippen molar-refractivity contribution in [1.82, 2.24) is 24.6 Å². The normalized spacial score (nSPS) is 14.4. The molecule has 0 saturated heterocycles. The molecule has 9 heteroatoms. The quantitative estimate of drug-likeness (QED) is 0.771. The summed E-state index contributed by atoms with van der Waals surface area (Å²) in [4.78, 5) is 21.9. The van der Waals surface area contributed by atoms with Gasteiger partial charge in [-0.3, -0.25) is 9.48 Å². The lowest BCUT2D eigenvalue weighted by molar-refractivity contribution is -0.129. The van der Waals surface area contributed by atoms with E-state index in [0.717, 1.165) is 6.54 Å². The van der Waals surface area contributed by atoms with Crippen molar-refractivity contribution in [3.8, 4) is 0 Å². The second kappa shape index (κ2) is 8.35. The van der Waals surface area contributed by atoms with Gasteiger partial charge < -0.3 is 15.5 Å². The SMILES string of the molecule is CN(C)C(=O)Cn1cc(Nc2ncc(Cl)c(NCC3CCCC3)n2)cn1. The highest BCUT2D eigenvalue weighted by molar-refractivity contribution is 6.32. The molecule has 2 N–H and O–H groups in total. The summed E-state index contributed by atoms with van der Waals surface area (Å²) in [7, 11) is 3.43. The first-order chi connectivity index (χ1) is 12.5. The Balaban J connectivity index is 1.61. The van der Waals surface area contributed by atoms with Gasteiger partial charge in [-0.1, -0.05) is 24.4 Å². The molecule has 0 aliphatic heterocycles. The Morgan fingerprint density at radius 1 is 1.35 bits per heavy atom. The minimum atomic E-state index is -0.0270. The Kier molecular flexibility index (Phi) is 5.92. The Labute approximate surface area is 158 Å². The van der Waals surface area contributed by atoms with Crippen molar-refractivity contribution in [2.24, 2.45) is 5.92 Å². The molecule has 8 nitrogen and oxygen atoms in total. The van der Waals surface area contributed by atoms with Crippen LogP contribution in [0.4, 0.5) is 17.5 Å². The van der Waals surface area contributed by atoms with E-state index in [-0.39, 0.29) is 12.5 Å². The maximum atomic E-state index is 11.7. The number of aromatic nitrogens is 4. The van der Waals surface area contributed by atoms with Crippen LogP contribution in [0.2, 0.25) is 5.02 Å². The van der Waals surface area contributed by atoms with Crippen molar-refractivity contribution in [1.29, 1.82) is 0 Å². The van der Waals surface area contributed by atoms with Gasteiger partial charge in [0.2, 0.25) is 11.9 Å². The lowest BCUT2D eigenvalue weighted by Gasteiger charge is -2.13. The summed E-state index contributed by atoms with van der Waals surface area (Å²) in [5, 5.41) is 11.1. The van der Waals surface area contributed by atoms with Gasteiger partial charge in [0.15, 0.2) is 5.82 Å². The van der Waals surface area contributed by atoms with Crippen molar-refractivity contribution in [3.05, 3.63) is 23.6 Å². The van der Waals surface area contributed by atoms with Gasteiger partial charge in [-0.15, -0.1) is 0 Å². The minimum Gasteiger partial charge on any atom is -0.368 e. The van der Waals surface area contributed by atoms with Crippen LogP contribution in [-0.2, 0) is 11.3 Å². The molecule has 0 aromatic carbocycles. The maximum Gasteiger partial charge on any atom is 0.243 e. The second-order valence-electron chi connectivity index (χ2n) is 6.76. The van der Waals surface area contributed by atoms with Crippen LogP contribution in [0.15, 0.2) is 18.6 Å². The number of hydrogen-bond acceptors (Lipinski definition) is 6. The average molecular weight is 378 g/mol. The van der Waals surface area contributed by atoms with E-state index in [4.69, 9.17) is 11.6 Å². The van der Waals surface area contributed by atoms with Gasteiger partial charge in [-0.25, -0.2) is 4.98 Å². The second-order valence-corrected chi connectivity index (χ2v) is 7.17.